The Labute approximate surface area is 306 Å². The number of carboxylic acids is 2. The number of rotatable bonds is 2. The van der Waals surface area contributed by atoms with Gasteiger partial charge in [0.15, 0.2) is 5.82 Å². The SMILES string of the molecule is O=C(Nc1ccc2cc1CCc1cncc(c1)Nc1ncc(Cl)c(n1)N2)N1CCN(C(=O)c2ccccc2)CC1.O=C(O)C(F)(F)F.O=C(O)C(F)(F)F. The Kier molecular flexibility index (Phi) is 13.2. The third-order valence-electron chi connectivity index (χ3n) is 7.45. The number of carbonyl (C=O) groups excluding carboxylic acids is 2. The molecule has 6 bridgehead atoms. The number of pyridine rings is 1. The molecule has 0 aliphatic carbocycles. The standard InChI is InChI=1S/C29H27ClN8O2.2C2HF3O2/c30-24-18-32-28-34-23-14-19(16-31-17-23)6-7-21-15-22(33-26(24)36-28)8-9-25(21)35-29(40)38-12-10-37(11-13-38)27(39)20-4-2-1-3-5-20;2*3-2(4,5)1(6)7/h1-5,8-9,14-18H,6-7,10-13H2,(H,35,40)(H2,32,33,34,36);2*(H,6,7). The zero-order chi connectivity index (χ0) is 39.6. The van der Waals surface area contributed by atoms with Crippen molar-refractivity contribution in [1.29, 1.82) is 0 Å². The van der Waals surface area contributed by atoms with Crippen LogP contribution in [-0.4, -0.2) is 97.4 Å². The summed E-state index contributed by atoms with van der Waals surface area (Å²) in [6.45, 7) is 1.88. The van der Waals surface area contributed by atoms with Gasteiger partial charge in [-0.05, 0) is 60.4 Å². The van der Waals surface area contributed by atoms with E-state index in [2.05, 4.69) is 30.9 Å². The van der Waals surface area contributed by atoms with Crippen molar-refractivity contribution in [3.05, 3.63) is 94.9 Å². The summed E-state index contributed by atoms with van der Waals surface area (Å²) >= 11 is 6.37. The number of nitrogens with one attached hydrogen (secondary N) is 3. The number of nitrogens with zero attached hydrogens (tertiary/aromatic N) is 5. The highest BCUT2D eigenvalue weighted by molar-refractivity contribution is 6.32. The van der Waals surface area contributed by atoms with Crippen LogP contribution < -0.4 is 16.0 Å². The molecule has 14 nitrogen and oxygen atoms in total. The molecule has 4 heterocycles. The largest absolute Gasteiger partial charge is 0.490 e. The molecule has 0 radical (unpaired) electrons. The van der Waals surface area contributed by atoms with Crippen LogP contribution in [0.2, 0.25) is 5.02 Å². The van der Waals surface area contributed by atoms with Crippen LogP contribution in [0.5, 0.6) is 0 Å². The van der Waals surface area contributed by atoms with Gasteiger partial charge in [0.1, 0.15) is 5.02 Å². The zero-order valence-corrected chi connectivity index (χ0v) is 28.3. The molecule has 2 aliphatic heterocycles. The van der Waals surface area contributed by atoms with E-state index in [9.17, 15) is 35.9 Å². The Morgan fingerprint density at radius 3 is 1.98 bits per heavy atom. The van der Waals surface area contributed by atoms with Crippen LogP contribution in [0.3, 0.4) is 0 Å². The first-order valence-electron chi connectivity index (χ1n) is 15.5. The number of fused-ring (bicyclic) bond motifs is 6. The molecule has 3 amide bonds. The quantitative estimate of drug-likeness (QED) is 0.142. The number of amides is 3. The number of halogens is 7. The molecule has 2 aromatic heterocycles. The minimum atomic E-state index is -5.08. The van der Waals surface area contributed by atoms with Gasteiger partial charge in [-0.25, -0.2) is 19.4 Å². The van der Waals surface area contributed by atoms with Crippen LogP contribution in [0.1, 0.15) is 21.5 Å². The minimum absolute atomic E-state index is 0.0142. The van der Waals surface area contributed by atoms with Crippen molar-refractivity contribution in [3.8, 4) is 0 Å². The number of alkyl halides is 6. The number of aryl methyl sites for hydroxylation is 2. The average Bonchev–Trinajstić information content (AvgIpc) is 3.13. The fraction of sp³-hybridized carbons (Fsp3) is 0.242. The number of urea groups is 1. The highest BCUT2D eigenvalue weighted by atomic mass is 35.5. The number of aliphatic carboxylic acids is 2. The predicted molar refractivity (Wildman–Crippen MR) is 182 cm³/mol. The number of hydrogen-bond acceptors (Lipinski definition) is 9. The van der Waals surface area contributed by atoms with E-state index in [1.165, 1.54) is 0 Å². The molecule has 2 aliphatic rings. The molecule has 0 atom stereocenters. The first kappa shape index (κ1) is 40.6. The molecule has 5 N–H and O–H groups in total. The van der Waals surface area contributed by atoms with Gasteiger partial charge in [-0.3, -0.25) is 9.78 Å². The van der Waals surface area contributed by atoms with Crippen molar-refractivity contribution < 1.29 is 55.7 Å². The van der Waals surface area contributed by atoms with Crippen LogP contribution in [-0.2, 0) is 22.4 Å². The van der Waals surface area contributed by atoms with Gasteiger partial charge < -0.3 is 36.0 Å². The van der Waals surface area contributed by atoms with Gasteiger partial charge in [-0.15, -0.1) is 0 Å². The first-order valence-corrected chi connectivity index (χ1v) is 15.9. The number of hydrogen-bond donors (Lipinski definition) is 5. The molecule has 286 valence electrons. The third-order valence-corrected chi connectivity index (χ3v) is 7.72. The van der Waals surface area contributed by atoms with E-state index in [1.807, 2.05) is 60.8 Å². The molecule has 0 unspecified atom stereocenters. The van der Waals surface area contributed by atoms with Crippen LogP contribution in [0.15, 0.2) is 73.2 Å². The second kappa shape index (κ2) is 17.6. The lowest BCUT2D eigenvalue weighted by molar-refractivity contribution is -0.193. The summed E-state index contributed by atoms with van der Waals surface area (Å²) in [5, 5.41) is 24.2. The van der Waals surface area contributed by atoms with Gasteiger partial charge in [0, 0.05) is 49.3 Å². The molecule has 54 heavy (non-hydrogen) atoms. The van der Waals surface area contributed by atoms with Gasteiger partial charge in [-0.1, -0.05) is 29.8 Å². The zero-order valence-electron chi connectivity index (χ0n) is 27.6. The number of piperazine rings is 1. The minimum Gasteiger partial charge on any atom is -0.475 e. The maximum absolute atomic E-state index is 13.3. The van der Waals surface area contributed by atoms with Crippen LogP contribution in [0, 0.1) is 0 Å². The molecular weight excluding hydrogens is 754 g/mol. The molecule has 1 fully saturated rings. The Morgan fingerprint density at radius 1 is 0.759 bits per heavy atom. The molecular formula is C33H29ClF6N8O6. The van der Waals surface area contributed by atoms with E-state index in [0.29, 0.717) is 61.4 Å². The Hall–Kier alpha value is -6.18. The summed E-state index contributed by atoms with van der Waals surface area (Å²) in [5.74, 6) is -4.66. The third kappa shape index (κ3) is 11.7. The summed E-state index contributed by atoms with van der Waals surface area (Å²) in [6, 6.07) is 16.8. The van der Waals surface area contributed by atoms with E-state index < -0.39 is 24.3 Å². The summed E-state index contributed by atoms with van der Waals surface area (Å²) in [6.07, 6.45) is -3.69. The van der Waals surface area contributed by atoms with E-state index in [1.54, 1.807) is 22.2 Å². The fourth-order valence-corrected chi connectivity index (χ4v) is 4.96. The fourth-order valence-electron chi connectivity index (χ4n) is 4.82. The topological polar surface area (TPSA) is 190 Å². The lowest BCUT2D eigenvalue weighted by Crippen LogP contribution is -2.51. The van der Waals surface area contributed by atoms with Gasteiger partial charge in [-0.2, -0.15) is 31.3 Å². The van der Waals surface area contributed by atoms with Crippen molar-refractivity contribution in [2.75, 3.05) is 42.1 Å². The summed E-state index contributed by atoms with van der Waals surface area (Å²) in [5.41, 5.74) is 4.94. The summed E-state index contributed by atoms with van der Waals surface area (Å²) in [4.78, 5) is 60.5. The van der Waals surface area contributed by atoms with Crippen LogP contribution >= 0.6 is 11.6 Å². The van der Waals surface area contributed by atoms with Crippen molar-refractivity contribution >= 4 is 64.3 Å². The van der Waals surface area contributed by atoms with Crippen molar-refractivity contribution in [2.45, 2.75) is 25.2 Å². The lowest BCUT2D eigenvalue weighted by Gasteiger charge is -2.35. The molecule has 0 spiro atoms. The second-order valence-electron chi connectivity index (χ2n) is 11.3. The second-order valence-corrected chi connectivity index (χ2v) is 11.7. The van der Waals surface area contributed by atoms with Gasteiger partial charge in [0.05, 0.1) is 18.1 Å². The van der Waals surface area contributed by atoms with Crippen molar-refractivity contribution in [3.63, 3.8) is 0 Å². The summed E-state index contributed by atoms with van der Waals surface area (Å²) < 4.78 is 63.5. The van der Waals surface area contributed by atoms with E-state index >= 15 is 0 Å². The lowest BCUT2D eigenvalue weighted by atomic mass is 10.0. The average molecular weight is 783 g/mol. The number of carboxylic acid groups (broad SMARTS) is 2. The number of carbonyl (C=O) groups is 4. The molecule has 0 saturated carbocycles. The molecule has 2 aromatic carbocycles. The maximum atomic E-state index is 13.3. The Balaban J connectivity index is 0.000000396. The predicted octanol–water partition coefficient (Wildman–Crippen LogP) is 6.37. The number of anilines is 5. The highest BCUT2D eigenvalue weighted by Gasteiger charge is 2.39. The molecule has 6 rings (SSSR count). The maximum Gasteiger partial charge on any atom is 0.490 e. The Morgan fingerprint density at radius 2 is 1.37 bits per heavy atom. The van der Waals surface area contributed by atoms with E-state index in [0.717, 1.165) is 28.2 Å². The van der Waals surface area contributed by atoms with Crippen LogP contribution in [0.4, 0.5) is 60.0 Å². The van der Waals surface area contributed by atoms with Crippen molar-refractivity contribution in [2.24, 2.45) is 0 Å². The molecule has 21 heteroatoms. The monoisotopic (exact) mass is 782 g/mol. The van der Waals surface area contributed by atoms with E-state index in [-0.39, 0.29) is 11.9 Å². The van der Waals surface area contributed by atoms with Gasteiger partial charge in [0.25, 0.3) is 5.91 Å². The van der Waals surface area contributed by atoms with E-state index in [4.69, 9.17) is 31.4 Å². The van der Waals surface area contributed by atoms with Gasteiger partial charge >= 0.3 is 30.3 Å². The first-order chi connectivity index (χ1) is 25.4. The number of benzene rings is 2. The van der Waals surface area contributed by atoms with Gasteiger partial charge in [0.2, 0.25) is 5.95 Å². The smallest absolute Gasteiger partial charge is 0.475 e. The molecule has 4 aromatic rings. The Bertz CT molecular complexity index is 1960. The number of aromatic nitrogens is 3. The molecule has 1 saturated heterocycles. The van der Waals surface area contributed by atoms with Crippen LogP contribution in [0.25, 0.3) is 0 Å². The highest BCUT2D eigenvalue weighted by Crippen LogP contribution is 2.29. The van der Waals surface area contributed by atoms with Crippen molar-refractivity contribution in [1.82, 2.24) is 24.8 Å². The summed E-state index contributed by atoms with van der Waals surface area (Å²) in [7, 11) is 0. The normalized spacial score (nSPS) is 13.7.